The van der Waals surface area contributed by atoms with Gasteiger partial charge in [0.2, 0.25) is 10.9 Å². The molecule has 0 radical (unpaired) electrons. The Hall–Kier alpha value is -2.39. The van der Waals surface area contributed by atoms with Gasteiger partial charge in [-0.1, -0.05) is 25.2 Å². The topological polar surface area (TPSA) is 84.2 Å². The molecule has 0 saturated carbocycles. The normalized spacial score (nSPS) is 10.8. The van der Waals surface area contributed by atoms with E-state index in [2.05, 4.69) is 25.9 Å². The predicted molar refractivity (Wildman–Crippen MR) is 103 cm³/mol. The van der Waals surface area contributed by atoms with E-state index in [9.17, 15) is 4.79 Å². The van der Waals surface area contributed by atoms with Crippen LogP contribution >= 0.6 is 23.6 Å². The van der Waals surface area contributed by atoms with Crippen molar-refractivity contribution >= 4 is 45.2 Å². The predicted octanol–water partition coefficient (Wildman–Crippen LogP) is 3.03. The highest BCUT2D eigenvalue weighted by molar-refractivity contribution is 7.80. The molecule has 1 amide bonds. The number of carbonyl (C=O) groups excluding carboxylic acids is 1. The summed E-state index contributed by atoms with van der Waals surface area (Å²) in [7, 11) is 0. The molecule has 1 aromatic carbocycles. The average molecular weight is 374 g/mol. The quantitative estimate of drug-likeness (QED) is 0.668. The van der Waals surface area contributed by atoms with Crippen LogP contribution in [0.15, 0.2) is 24.3 Å². The molecule has 0 atom stereocenters. The highest BCUT2D eigenvalue weighted by Crippen LogP contribution is 2.26. The van der Waals surface area contributed by atoms with Gasteiger partial charge in [-0.2, -0.15) is 9.61 Å². The first-order valence-electron chi connectivity index (χ1n) is 8.03. The average Bonchev–Trinajstić information content (AvgIpc) is 3.15. The second-order valence-electron chi connectivity index (χ2n) is 5.40. The van der Waals surface area contributed by atoms with E-state index in [-0.39, 0.29) is 5.91 Å². The molecule has 0 bridgehead atoms. The van der Waals surface area contributed by atoms with Gasteiger partial charge in [0.05, 0.1) is 0 Å². The maximum absolute atomic E-state index is 11.5. The number of fused-ring (bicyclic) bond motifs is 1. The minimum atomic E-state index is -0.0805. The summed E-state index contributed by atoms with van der Waals surface area (Å²) in [4.78, 5) is 12.3. The Kier molecular flexibility index (Phi) is 5.34. The Balaban J connectivity index is 1.69. The molecule has 9 heteroatoms. The number of nitrogens with one attached hydrogen (secondary N) is 2. The lowest BCUT2D eigenvalue weighted by atomic mass is 10.2. The number of rotatable bonds is 5. The smallest absolute Gasteiger partial charge is 0.234 e. The molecule has 130 valence electrons. The van der Waals surface area contributed by atoms with E-state index in [1.807, 2.05) is 38.1 Å². The van der Waals surface area contributed by atoms with E-state index in [4.69, 9.17) is 12.2 Å². The number of hydrogen-bond acceptors (Lipinski definition) is 6. The number of hydrogen-bond donors (Lipinski definition) is 2. The van der Waals surface area contributed by atoms with Crippen LogP contribution in [0.3, 0.4) is 0 Å². The molecule has 3 rings (SSSR count). The van der Waals surface area contributed by atoms with Crippen LogP contribution in [0.4, 0.5) is 5.69 Å². The molecule has 0 spiro atoms. The van der Waals surface area contributed by atoms with Crippen LogP contribution in [-0.4, -0.2) is 30.8 Å². The van der Waals surface area contributed by atoms with Crippen LogP contribution in [0, 0.1) is 0 Å². The third-order valence-corrected chi connectivity index (χ3v) is 4.64. The van der Waals surface area contributed by atoms with Crippen molar-refractivity contribution < 1.29 is 4.79 Å². The Morgan fingerprint density at radius 3 is 2.68 bits per heavy atom. The Morgan fingerprint density at radius 1 is 1.24 bits per heavy atom. The summed E-state index contributed by atoms with van der Waals surface area (Å²) in [6.07, 6.45) is 2.03. The summed E-state index contributed by atoms with van der Waals surface area (Å²) in [6, 6.07) is 7.71. The van der Waals surface area contributed by atoms with Crippen molar-refractivity contribution in [3.05, 3.63) is 30.1 Å². The van der Waals surface area contributed by atoms with Gasteiger partial charge in [0.15, 0.2) is 10.9 Å². The van der Waals surface area contributed by atoms with Crippen molar-refractivity contribution in [1.82, 2.24) is 25.1 Å². The molecular formula is C16H18N6OS2. The molecule has 25 heavy (non-hydrogen) atoms. The van der Waals surface area contributed by atoms with Crippen LogP contribution < -0.4 is 10.6 Å². The first kappa shape index (κ1) is 17.4. The lowest BCUT2D eigenvalue weighted by molar-refractivity contribution is -0.119. The minimum absolute atomic E-state index is 0.0805. The molecule has 0 aliphatic rings. The van der Waals surface area contributed by atoms with Crippen LogP contribution in [0.1, 0.15) is 32.5 Å². The molecule has 2 heterocycles. The zero-order valence-electron chi connectivity index (χ0n) is 13.9. The fraction of sp³-hybridized carbons (Fsp3) is 0.312. The van der Waals surface area contributed by atoms with Crippen molar-refractivity contribution in [3.63, 3.8) is 0 Å². The first-order valence-corrected chi connectivity index (χ1v) is 9.25. The summed E-state index contributed by atoms with van der Waals surface area (Å²) in [5.74, 6) is 0.770. The van der Waals surface area contributed by atoms with Gasteiger partial charge in [0.1, 0.15) is 5.01 Å². The molecule has 0 unspecified atom stereocenters. The summed E-state index contributed by atoms with van der Waals surface area (Å²) < 4.78 is 1.78. The first-order chi connectivity index (χ1) is 12.1. The molecule has 0 fully saturated rings. The van der Waals surface area contributed by atoms with Gasteiger partial charge >= 0.3 is 0 Å². The van der Waals surface area contributed by atoms with Gasteiger partial charge in [0, 0.05) is 24.1 Å². The van der Waals surface area contributed by atoms with Gasteiger partial charge in [-0.05, 0) is 42.9 Å². The monoisotopic (exact) mass is 374 g/mol. The molecule has 7 nitrogen and oxygen atoms in total. The van der Waals surface area contributed by atoms with E-state index in [1.54, 1.807) is 4.52 Å². The third kappa shape index (κ3) is 3.99. The number of thiocarbonyl (C=S) groups is 1. The van der Waals surface area contributed by atoms with Crippen LogP contribution in [-0.2, 0) is 11.2 Å². The highest BCUT2D eigenvalue weighted by atomic mass is 32.1. The second kappa shape index (κ2) is 7.66. The highest BCUT2D eigenvalue weighted by Gasteiger charge is 2.12. The number of benzene rings is 1. The fourth-order valence-corrected chi connectivity index (χ4v) is 3.36. The summed E-state index contributed by atoms with van der Waals surface area (Å²) in [6.45, 7) is 3.97. The molecule has 2 N–H and O–H groups in total. The van der Waals surface area contributed by atoms with Gasteiger partial charge in [-0.25, -0.2) is 0 Å². The summed E-state index contributed by atoms with van der Waals surface area (Å²) in [5, 5.41) is 19.6. The Labute approximate surface area is 154 Å². The molecule has 2 aromatic heterocycles. The molecule has 3 aromatic rings. The van der Waals surface area contributed by atoms with Gasteiger partial charge < -0.3 is 10.6 Å². The number of carbonyl (C=O) groups is 1. The van der Waals surface area contributed by atoms with E-state index < -0.39 is 0 Å². The Bertz CT molecular complexity index is 899. The van der Waals surface area contributed by atoms with Crippen molar-refractivity contribution in [3.8, 4) is 10.6 Å². The summed E-state index contributed by atoms with van der Waals surface area (Å²) >= 11 is 6.64. The van der Waals surface area contributed by atoms with E-state index in [0.29, 0.717) is 11.5 Å². The van der Waals surface area contributed by atoms with Gasteiger partial charge in [-0.3, -0.25) is 4.79 Å². The molecule has 0 aliphatic carbocycles. The van der Waals surface area contributed by atoms with Crippen LogP contribution in [0.2, 0.25) is 0 Å². The van der Waals surface area contributed by atoms with E-state index in [0.717, 1.165) is 39.9 Å². The SMILES string of the molecule is CCCC(=O)NC(=S)Nc1ccc(-c2nn3c(CC)nnc3s2)cc1. The maximum Gasteiger partial charge on any atom is 0.234 e. The molecule has 0 aliphatic heterocycles. The lowest BCUT2D eigenvalue weighted by Gasteiger charge is -2.09. The van der Waals surface area contributed by atoms with Crippen molar-refractivity contribution in [2.45, 2.75) is 33.1 Å². The van der Waals surface area contributed by atoms with Crippen LogP contribution in [0.5, 0.6) is 0 Å². The number of nitrogens with zero attached hydrogens (tertiary/aromatic N) is 4. The minimum Gasteiger partial charge on any atom is -0.332 e. The second-order valence-corrected chi connectivity index (χ2v) is 6.77. The fourth-order valence-electron chi connectivity index (χ4n) is 2.27. The maximum atomic E-state index is 11.5. The van der Waals surface area contributed by atoms with Crippen molar-refractivity contribution in [2.24, 2.45) is 0 Å². The van der Waals surface area contributed by atoms with Crippen molar-refractivity contribution in [2.75, 3.05) is 5.32 Å². The van der Waals surface area contributed by atoms with Crippen molar-refractivity contribution in [1.29, 1.82) is 0 Å². The van der Waals surface area contributed by atoms with Gasteiger partial charge in [0.25, 0.3) is 0 Å². The Morgan fingerprint density at radius 2 is 2.00 bits per heavy atom. The number of amides is 1. The lowest BCUT2D eigenvalue weighted by Crippen LogP contribution is -2.33. The van der Waals surface area contributed by atoms with E-state index in [1.165, 1.54) is 11.3 Å². The number of aryl methyl sites for hydroxylation is 1. The van der Waals surface area contributed by atoms with E-state index >= 15 is 0 Å². The zero-order chi connectivity index (χ0) is 17.8. The molecular weight excluding hydrogens is 356 g/mol. The number of anilines is 1. The third-order valence-electron chi connectivity index (χ3n) is 3.49. The number of aromatic nitrogens is 4. The van der Waals surface area contributed by atoms with Crippen LogP contribution in [0.25, 0.3) is 15.5 Å². The largest absolute Gasteiger partial charge is 0.332 e. The molecule has 0 saturated heterocycles. The zero-order valence-corrected chi connectivity index (χ0v) is 15.6. The summed E-state index contributed by atoms with van der Waals surface area (Å²) in [5.41, 5.74) is 1.80. The standard InChI is InChI=1S/C16H18N6OS2/c1-3-5-13(23)18-15(24)17-11-8-6-10(7-9-11)14-21-22-12(4-2)19-20-16(22)25-14/h6-9H,3-5H2,1-2H3,(H2,17,18,23,24). The van der Waals surface area contributed by atoms with Gasteiger partial charge in [-0.15, -0.1) is 10.2 Å².